The molecule has 0 saturated carbocycles. The molecule has 210 valence electrons. The number of unbranched alkanes of at least 4 members (excludes halogenated alkanes) is 6. The van der Waals surface area contributed by atoms with Crippen LogP contribution in [0.15, 0.2) is 0 Å². The number of carboxylic acids is 1. The molecule has 0 amide bonds. The highest BCUT2D eigenvalue weighted by Gasteiger charge is 2.68. The maximum absolute atomic E-state index is 13.9. The van der Waals surface area contributed by atoms with Gasteiger partial charge in [0.1, 0.15) is 0 Å². The SMILES string of the molecule is CCCC[Si](CCCC)(CCCC)C(CS(=O)(=O)O)(C(=O)O)[Si](CCCC)(CCCC)CCCC. The first-order valence-corrected chi connectivity index (χ1v) is 21.6. The molecule has 0 fully saturated rings. The molecule has 2 N–H and O–H groups in total. The Balaban J connectivity index is 7.67. The summed E-state index contributed by atoms with van der Waals surface area (Å²) in [7, 11) is -9.80. The molecule has 0 aliphatic heterocycles. The molecule has 0 aliphatic rings. The van der Waals surface area contributed by atoms with Crippen LogP contribution in [0, 0.1) is 0 Å². The third kappa shape index (κ3) is 9.57. The van der Waals surface area contributed by atoms with Gasteiger partial charge in [-0.25, -0.2) is 0 Å². The Morgan fingerprint density at radius 2 is 0.829 bits per heavy atom. The third-order valence-corrected chi connectivity index (χ3v) is 25.4. The van der Waals surface area contributed by atoms with Gasteiger partial charge < -0.3 is 5.11 Å². The molecule has 0 heterocycles. The fourth-order valence-corrected chi connectivity index (χ4v) is 28.9. The zero-order valence-electron chi connectivity index (χ0n) is 24.0. The molecule has 35 heavy (non-hydrogen) atoms. The average molecular weight is 551 g/mol. The Hall–Kier alpha value is -0.186. The maximum atomic E-state index is 13.9. The van der Waals surface area contributed by atoms with E-state index in [1.807, 2.05) is 0 Å². The molecule has 5 nitrogen and oxygen atoms in total. The molecule has 0 aliphatic carbocycles. The van der Waals surface area contributed by atoms with Crippen molar-refractivity contribution in [3.05, 3.63) is 0 Å². The molecule has 8 heteroatoms. The van der Waals surface area contributed by atoms with Crippen molar-refractivity contribution in [2.75, 3.05) is 5.75 Å². The van der Waals surface area contributed by atoms with Gasteiger partial charge in [0.05, 0.1) is 26.6 Å². The number of carbonyl (C=O) groups is 1. The van der Waals surface area contributed by atoms with Crippen LogP contribution in [0.3, 0.4) is 0 Å². The highest BCUT2D eigenvalue weighted by atomic mass is 32.2. The molecule has 0 aromatic carbocycles. The van der Waals surface area contributed by atoms with Crippen molar-refractivity contribution < 1.29 is 22.9 Å². The highest BCUT2D eigenvalue weighted by molar-refractivity contribution is 7.86. The van der Waals surface area contributed by atoms with Crippen LogP contribution in [0.25, 0.3) is 0 Å². The first-order chi connectivity index (χ1) is 16.5. The Kier molecular flexibility index (Phi) is 17.3. The molecular formula is C27H58O5SSi2. The van der Waals surface area contributed by atoms with E-state index in [9.17, 15) is 22.9 Å². The normalized spacial score (nSPS) is 13.3. The van der Waals surface area contributed by atoms with Gasteiger partial charge in [0, 0.05) is 0 Å². The van der Waals surface area contributed by atoms with E-state index in [4.69, 9.17) is 0 Å². The number of aliphatic carboxylic acids is 1. The minimum atomic E-state index is -4.45. The van der Waals surface area contributed by atoms with Gasteiger partial charge >= 0.3 is 5.97 Å². The topological polar surface area (TPSA) is 91.7 Å². The summed E-state index contributed by atoms with van der Waals surface area (Å²) in [5.41, 5.74) is 0. The summed E-state index contributed by atoms with van der Waals surface area (Å²) in [6.45, 7) is 12.9. The lowest BCUT2D eigenvalue weighted by atomic mass is 10.4. The van der Waals surface area contributed by atoms with Gasteiger partial charge in [-0.05, 0) is 0 Å². The first kappa shape index (κ1) is 34.8. The molecule has 0 saturated heterocycles. The summed E-state index contributed by atoms with van der Waals surface area (Å²) in [6, 6.07) is 5.28. The van der Waals surface area contributed by atoms with Crippen LogP contribution in [0.1, 0.15) is 119 Å². The van der Waals surface area contributed by atoms with Gasteiger partial charge in [-0.3, -0.25) is 9.35 Å². The second kappa shape index (κ2) is 17.3. The Morgan fingerprint density at radius 3 is 0.971 bits per heavy atom. The lowest BCUT2D eigenvalue weighted by Gasteiger charge is -2.57. The van der Waals surface area contributed by atoms with Gasteiger partial charge in [-0.1, -0.05) is 155 Å². The van der Waals surface area contributed by atoms with Crippen LogP contribution in [0.2, 0.25) is 40.9 Å². The zero-order chi connectivity index (χ0) is 27.0. The maximum Gasteiger partial charge on any atom is 0.305 e. The molecule has 0 aromatic rings. The van der Waals surface area contributed by atoms with Crippen LogP contribution in [-0.2, 0) is 14.9 Å². The summed E-state index contributed by atoms with van der Waals surface area (Å²) in [4.78, 5) is 13.9. The Morgan fingerprint density at radius 1 is 0.600 bits per heavy atom. The molecular weight excluding hydrogens is 493 g/mol. The van der Waals surface area contributed by atoms with Gasteiger partial charge in [-0.15, -0.1) is 0 Å². The van der Waals surface area contributed by atoms with Gasteiger partial charge in [0.25, 0.3) is 10.1 Å². The molecule has 0 unspecified atom stereocenters. The minimum absolute atomic E-state index is 0.540. The number of rotatable bonds is 23. The van der Waals surface area contributed by atoms with Crippen molar-refractivity contribution in [1.29, 1.82) is 0 Å². The summed E-state index contributed by atoms with van der Waals surface area (Å²) in [6.07, 6.45) is 11.7. The van der Waals surface area contributed by atoms with Gasteiger partial charge in [-0.2, -0.15) is 8.42 Å². The van der Waals surface area contributed by atoms with E-state index in [-0.39, 0.29) is 0 Å². The molecule has 0 radical (unpaired) electrons. The number of carboxylic acid groups (broad SMARTS) is 1. The lowest BCUT2D eigenvalue weighted by molar-refractivity contribution is -0.138. The Bertz CT molecular complexity index is 606. The smallest absolute Gasteiger partial charge is 0.305 e. The monoisotopic (exact) mass is 550 g/mol. The van der Waals surface area contributed by atoms with Crippen molar-refractivity contribution in [3.8, 4) is 0 Å². The molecule has 0 spiro atoms. The zero-order valence-corrected chi connectivity index (χ0v) is 26.8. The van der Waals surface area contributed by atoms with Crippen LogP contribution in [0.5, 0.6) is 0 Å². The molecule has 0 aromatic heterocycles. The molecule has 0 atom stereocenters. The van der Waals surface area contributed by atoms with Crippen LogP contribution < -0.4 is 0 Å². The number of hydrogen-bond acceptors (Lipinski definition) is 3. The van der Waals surface area contributed by atoms with Crippen LogP contribution >= 0.6 is 0 Å². The van der Waals surface area contributed by atoms with E-state index in [0.29, 0.717) is 0 Å². The van der Waals surface area contributed by atoms with Crippen molar-refractivity contribution >= 4 is 32.2 Å². The summed E-state index contributed by atoms with van der Waals surface area (Å²) in [5.74, 6) is -1.41. The van der Waals surface area contributed by atoms with Gasteiger partial charge in [0.2, 0.25) is 0 Å². The number of hydrogen-bond donors (Lipinski definition) is 2. The minimum Gasteiger partial charge on any atom is -0.481 e. The van der Waals surface area contributed by atoms with Crippen molar-refractivity contribution in [2.45, 2.75) is 160 Å². The van der Waals surface area contributed by atoms with E-state index in [2.05, 4.69) is 41.5 Å². The van der Waals surface area contributed by atoms with Gasteiger partial charge in [0.15, 0.2) is 0 Å². The fraction of sp³-hybridized carbons (Fsp3) is 0.963. The van der Waals surface area contributed by atoms with E-state index in [0.717, 1.165) is 113 Å². The fourth-order valence-electron chi connectivity index (χ4n) is 6.78. The quantitative estimate of drug-likeness (QED) is 0.0978. The molecule has 0 rings (SSSR count). The van der Waals surface area contributed by atoms with E-state index >= 15 is 0 Å². The predicted molar refractivity (Wildman–Crippen MR) is 157 cm³/mol. The van der Waals surface area contributed by atoms with Crippen molar-refractivity contribution in [3.63, 3.8) is 0 Å². The largest absolute Gasteiger partial charge is 0.481 e. The standard InChI is InChI=1S/C27H58O5SSi2/c1-7-13-19-34(20-14-8-2,21-15-9-3)27(26(28)29,25-33(30,31)32)35(22-16-10-4,23-17-11-5)24-18-12-6/h7-25H2,1-6H3,(H,28,29)(H,30,31,32). The van der Waals surface area contributed by atoms with Crippen LogP contribution in [-0.4, -0.2) is 45.9 Å². The van der Waals surface area contributed by atoms with Crippen molar-refractivity contribution in [2.24, 2.45) is 0 Å². The van der Waals surface area contributed by atoms with Crippen molar-refractivity contribution in [1.82, 2.24) is 0 Å². The second-order valence-corrected chi connectivity index (χ2v) is 22.9. The highest BCUT2D eigenvalue weighted by Crippen LogP contribution is 2.60. The summed E-state index contributed by atoms with van der Waals surface area (Å²) >= 11 is 0. The molecule has 0 bridgehead atoms. The average Bonchev–Trinajstić information content (AvgIpc) is 2.81. The lowest BCUT2D eigenvalue weighted by Crippen LogP contribution is -2.68. The Labute approximate surface area is 220 Å². The van der Waals surface area contributed by atoms with Crippen LogP contribution in [0.4, 0.5) is 0 Å². The van der Waals surface area contributed by atoms with E-state index in [1.165, 1.54) is 0 Å². The van der Waals surface area contributed by atoms with E-state index < -0.39 is 42.6 Å². The second-order valence-electron chi connectivity index (χ2n) is 11.1. The third-order valence-electron chi connectivity index (χ3n) is 8.63. The summed E-state index contributed by atoms with van der Waals surface area (Å²) < 4.78 is 34.9. The summed E-state index contributed by atoms with van der Waals surface area (Å²) in [5, 5.41) is 11.3. The first-order valence-electron chi connectivity index (χ1n) is 14.7. The predicted octanol–water partition coefficient (Wildman–Crippen LogP) is 8.94. The van der Waals surface area contributed by atoms with E-state index in [1.54, 1.807) is 0 Å².